The van der Waals surface area contributed by atoms with Crippen molar-refractivity contribution >= 4 is 11.6 Å². The van der Waals surface area contributed by atoms with Crippen molar-refractivity contribution in [2.24, 2.45) is 5.73 Å². The van der Waals surface area contributed by atoms with Crippen LogP contribution in [0, 0.1) is 0 Å². The van der Waals surface area contributed by atoms with Crippen molar-refractivity contribution in [2.45, 2.75) is 30.5 Å². The lowest BCUT2D eigenvalue weighted by Crippen LogP contribution is -2.49. The van der Waals surface area contributed by atoms with Crippen molar-refractivity contribution in [2.75, 3.05) is 6.54 Å². The highest BCUT2D eigenvalue weighted by Crippen LogP contribution is 2.45. The molecular weight excluding hydrogens is 267 g/mol. The van der Waals surface area contributed by atoms with Crippen LogP contribution < -0.4 is 5.73 Å². The molecule has 0 saturated heterocycles. The molecule has 3 N–H and O–H groups in total. The number of hydrogen-bond acceptors (Lipinski definition) is 2. The summed E-state index contributed by atoms with van der Waals surface area (Å²) >= 11 is 5.56. The Morgan fingerprint density at radius 2 is 2.00 bits per heavy atom. The van der Waals surface area contributed by atoms with Gasteiger partial charge in [-0.1, -0.05) is 17.7 Å². The van der Waals surface area contributed by atoms with Gasteiger partial charge in [-0.15, -0.1) is 0 Å². The highest BCUT2D eigenvalue weighted by molar-refractivity contribution is 6.31. The topological polar surface area (TPSA) is 46.2 Å². The van der Waals surface area contributed by atoms with Gasteiger partial charge in [0, 0.05) is 12.0 Å². The largest absolute Gasteiger partial charge is 0.417 e. The fourth-order valence-electron chi connectivity index (χ4n) is 2.43. The van der Waals surface area contributed by atoms with Crippen LogP contribution in [0.2, 0.25) is 5.02 Å². The van der Waals surface area contributed by atoms with Crippen molar-refractivity contribution in [3.05, 3.63) is 34.3 Å². The normalized spacial score (nSPS) is 28.0. The number of rotatable bonds is 2. The number of hydrogen-bond donors (Lipinski definition) is 2. The van der Waals surface area contributed by atoms with E-state index in [1.54, 1.807) is 6.07 Å². The molecule has 1 aromatic rings. The van der Waals surface area contributed by atoms with E-state index < -0.39 is 23.3 Å². The monoisotopic (exact) mass is 279 g/mol. The third-order valence-corrected chi connectivity index (χ3v) is 3.86. The van der Waals surface area contributed by atoms with E-state index in [4.69, 9.17) is 17.3 Å². The van der Waals surface area contributed by atoms with Crippen molar-refractivity contribution in [3.8, 4) is 0 Å². The zero-order valence-corrected chi connectivity index (χ0v) is 10.2. The summed E-state index contributed by atoms with van der Waals surface area (Å²) < 4.78 is 38.3. The summed E-state index contributed by atoms with van der Waals surface area (Å²) in [4.78, 5) is 0. The van der Waals surface area contributed by atoms with Crippen molar-refractivity contribution < 1.29 is 18.3 Å². The molecule has 1 aliphatic rings. The van der Waals surface area contributed by atoms with Crippen LogP contribution in [0.25, 0.3) is 0 Å². The van der Waals surface area contributed by atoms with Crippen LogP contribution in [0.3, 0.4) is 0 Å². The van der Waals surface area contributed by atoms with Crippen LogP contribution >= 0.6 is 11.6 Å². The van der Waals surface area contributed by atoms with Crippen LogP contribution in [0.1, 0.15) is 24.0 Å². The average Bonchev–Trinajstić information content (AvgIpc) is 2.23. The first-order chi connectivity index (χ1) is 8.28. The van der Waals surface area contributed by atoms with Crippen LogP contribution in [0.5, 0.6) is 0 Å². The molecule has 0 heterocycles. The summed E-state index contributed by atoms with van der Waals surface area (Å²) in [5.74, 6) is 0. The Kier molecular flexibility index (Phi) is 3.34. The number of nitrogens with two attached hydrogens (primary N) is 1. The number of aliphatic hydroxyl groups excluding tert-OH is 1. The van der Waals surface area contributed by atoms with Gasteiger partial charge in [0.2, 0.25) is 0 Å². The molecule has 0 unspecified atom stereocenters. The smallest absolute Gasteiger partial charge is 0.393 e. The molecule has 1 fully saturated rings. The molecule has 6 heteroatoms. The Morgan fingerprint density at radius 1 is 1.39 bits per heavy atom. The third-order valence-electron chi connectivity index (χ3n) is 3.53. The minimum absolute atomic E-state index is 0.211. The summed E-state index contributed by atoms with van der Waals surface area (Å²) in [5, 5.41) is 9.03. The van der Waals surface area contributed by atoms with Gasteiger partial charge in [-0.3, -0.25) is 0 Å². The molecule has 0 radical (unpaired) electrons. The van der Waals surface area contributed by atoms with E-state index in [-0.39, 0.29) is 11.6 Å². The Bertz CT molecular complexity index is 455. The zero-order chi connectivity index (χ0) is 13.6. The summed E-state index contributed by atoms with van der Waals surface area (Å²) in [6.45, 7) is 0.211. The van der Waals surface area contributed by atoms with Crippen LogP contribution in [0.4, 0.5) is 13.2 Å². The van der Waals surface area contributed by atoms with E-state index in [2.05, 4.69) is 0 Å². The van der Waals surface area contributed by atoms with E-state index in [0.717, 1.165) is 6.07 Å². The summed E-state index contributed by atoms with van der Waals surface area (Å²) in [6.07, 6.45) is -4.19. The van der Waals surface area contributed by atoms with Gasteiger partial charge in [0.15, 0.2) is 0 Å². The first kappa shape index (κ1) is 13.6. The minimum Gasteiger partial charge on any atom is -0.393 e. The molecule has 0 atom stereocenters. The molecule has 18 heavy (non-hydrogen) atoms. The van der Waals surface area contributed by atoms with E-state index in [0.29, 0.717) is 18.4 Å². The van der Waals surface area contributed by atoms with E-state index in [9.17, 15) is 18.3 Å². The minimum atomic E-state index is -4.48. The van der Waals surface area contributed by atoms with Crippen LogP contribution in [-0.2, 0) is 11.6 Å². The number of alkyl halides is 3. The molecule has 0 bridgehead atoms. The summed E-state index contributed by atoms with van der Waals surface area (Å²) in [6, 6.07) is 3.83. The van der Waals surface area contributed by atoms with Gasteiger partial charge in [-0.25, -0.2) is 0 Å². The molecule has 0 aliphatic heterocycles. The maximum atomic E-state index is 12.8. The number of aliphatic hydroxyl groups is 1. The lowest BCUT2D eigenvalue weighted by atomic mass is 9.62. The van der Waals surface area contributed by atoms with Gasteiger partial charge in [-0.05, 0) is 30.5 Å². The predicted octanol–water partition coefficient (Wildman–Crippen LogP) is 2.71. The Hall–Kier alpha value is -0.780. The van der Waals surface area contributed by atoms with E-state index in [1.807, 2.05) is 0 Å². The molecular formula is C12H13ClF3NO. The van der Waals surface area contributed by atoms with Crippen molar-refractivity contribution in [1.29, 1.82) is 0 Å². The fraction of sp³-hybridized carbons (Fsp3) is 0.500. The second kappa shape index (κ2) is 4.40. The molecule has 1 aromatic carbocycles. The standard InChI is InChI=1S/C12H13ClF3NO/c13-10-2-1-7(3-9(10)12(14,15)16)11(6-17)4-8(18)5-11/h1-3,8,18H,4-6,17H2. The zero-order valence-electron chi connectivity index (χ0n) is 9.47. The predicted molar refractivity (Wildman–Crippen MR) is 62.4 cm³/mol. The average molecular weight is 280 g/mol. The van der Waals surface area contributed by atoms with Gasteiger partial charge in [0.1, 0.15) is 0 Å². The second-order valence-electron chi connectivity index (χ2n) is 4.74. The highest BCUT2D eigenvalue weighted by atomic mass is 35.5. The Labute approximate surface area is 108 Å². The first-order valence-electron chi connectivity index (χ1n) is 5.54. The van der Waals surface area contributed by atoms with Crippen molar-refractivity contribution in [3.63, 3.8) is 0 Å². The third kappa shape index (κ3) is 2.22. The summed E-state index contributed by atoms with van der Waals surface area (Å²) in [5.41, 5.74) is 4.72. The first-order valence-corrected chi connectivity index (χ1v) is 5.92. The van der Waals surface area contributed by atoms with Gasteiger partial charge >= 0.3 is 6.18 Å². The molecule has 1 saturated carbocycles. The number of benzene rings is 1. The van der Waals surface area contributed by atoms with Crippen LogP contribution in [0.15, 0.2) is 18.2 Å². The Balaban J connectivity index is 2.41. The molecule has 1 aliphatic carbocycles. The van der Waals surface area contributed by atoms with E-state index in [1.165, 1.54) is 6.07 Å². The van der Waals surface area contributed by atoms with E-state index >= 15 is 0 Å². The molecule has 0 aromatic heterocycles. The lowest BCUT2D eigenvalue weighted by Gasteiger charge is -2.45. The maximum Gasteiger partial charge on any atom is 0.417 e. The second-order valence-corrected chi connectivity index (χ2v) is 5.15. The van der Waals surface area contributed by atoms with Crippen LogP contribution in [-0.4, -0.2) is 17.8 Å². The molecule has 2 rings (SSSR count). The SMILES string of the molecule is NCC1(c2ccc(Cl)c(C(F)(F)F)c2)CC(O)C1. The molecule has 0 amide bonds. The maximum absolute atomic E-state index is 12.8. The summed E-state index contributed by atoms with van der Waals surface area (Å²) in [7, 11) is 0. The molecule has 100 valence electrons. The molecule has 2 nitrogen and oxygen atoms in total. The van der Waals surface area contributed by atoms with Gasteiger partial charge in [0.25, 0.3) is 0 Å². The highest BCUT2D eigenvalue weighted by Gasteiger charge is 2.45. The van der Waals surface area contributed by atoms with Crippen molar-refractivity contribution in [1.82, 2.24) is 0 Å². The quantitative estimate of drug-likeness (QED) is 0.874. The fourth-order valence-corrected chi connectivity index (χ4v) is 2.66. The molecule has 0 spiro atoms. The Morgan fingerprint density at radius 3 is 2.44 bits per heavy atom. The number of halogens is 4. The van der Waals surface area contributed by atoms with Gasteiger partial charge < -0.3 is 10.8 Å². The van der Waals surface area contributed by atoms with Gasteiger partial charge in [0.05, 0.1) is 16.7 Å². The lowest BCUT2D eigenvalue weighted by molar-refractivity contribution is -0.137. The van der Waals surface area contributed by atoms with Gasteiger partial charge in [-0.2, -0.15) is 13.2 Å².